The average molecular weight is 585 g/mol. The van der Waals surface area contributed by atoms with Crippen LogP contribution in [0.4, 0.5) is 5.69 Å². The van der Waals surface area contributed by atoms with Gasteiger partial charge in [0.15, 0.2) is 11.5 Å². The lowest BCUT2D eigenvalue weighted by atomic mass is 10.1. The molecule has 0 spiro atoms. The SMILES string of the molecule is COc1ccc(N(CC(=O)N(Cc2cccc(Br)c2)[C@@H](C)C(=O)NC(C)(C)C)S(C)(=O)=O)cc1OC. The zero-order valence-corrected chi connectivity index (χ0v) is 24.1. The van der Waals surface area contributed by atoms with E-state index in [9.17, 15) is 18.0 Å². The molecule has 2 aromatic carbocycles. The van der Waals surface area contributed by atoms with Crippen LogP contribution in [0.15, 0.2) is 46.9 Å². The lowest BCUT2D eigenvalue weighted by Gasteiger charge is -2.33. The van der Waals surface area contributed by atoms with Crippen molar-refractivity contribution in [3.05, 3.63) is 52.5 Å². The van der Waals surface area contributed by atoms with Crippen molar-refractivity contribution in [1.29, 1.82) is 0 Å². The normalized spacial score (nSPS) is 12.4. The van der Waals surface area contributed by atoms with Crippen molar-refractivity contribution < 1.29 is 27.5 Å². The molecular formula is C25H34BrN3O6S. The van der Waals surface area contributed by atoms with Gasteiger partial charge in [0, 0.05) is 22.6 Å². The Bertz CT molecular complexity index is 1200. The van der Waals surface area contributed by atoms with Gasteiger partial charge in [-0.15, -0.1) is 0 Å². The van der Waals surface area contributed by atoms with E-state index in [0.29, 0.717) is 11.5 Å². The highest BCUT2D eigenvalue weighted by molar-refractivity contribution is 9.10. The number of carbonyl (C=O) groups excluding carboxylic acids is 2. The van der Waals surface area contributed by atoms with E-state index in [4.69, 9.17) is 9.47 Å². The van der Waals surface area contributed by atoms with Crippen LogP contribution < -0.4 is 19.1 Å². The molecule has 11 heteroatoms. The molecule has 0 aliphatic rings. The molecule has 0 aliphatic heterocycles. The van der Waals surface area contributed by atoms with Gasteiger partial charge in [0.2, 0.25) is 21.8 Å². The first kappa shape index (κ1) is 29.4. The van der Waals surface area contributed by atoms with E-state index in [1.807, 2.05) is 45.0 Å². The number of methoxy groups -OCH3 is 2. The molecule has 2 rings (SSSR count). The molecule has 2 amide bonds. The van der Waals surface area contributed by atoms with Gasteiger partial charge in [0.05, 0.1) is 26.2 Å². The lowest BCUT2D eigenvalue weighted by molar-refractivity contribution is -0.140. The summed E-state index contributed by atoms with van der Waals surface area (Å²) in [4.78, 5) is 28.0. The number of rotatable bonds is 10. The molecule has 9 nitrogen and oxygen atoms in total. The second-order valence-electron chi connectivity index (χ2n) is 9.38. The lowest BCUT2D eigenvalue weighted by Crippen LogP contribution is -2.54. The van der Waals surface area contributed by atoms with Gasteiger partial charge < -0.3 is 19.7 Å². The van der Waals surface area contributed by atoms with Gasteiger partial charge in [-0.1, -0.05) is 28.1 Å². The fourth-order valence-corrected chi connectivity index (χ4v) is 4.77. The summed E-state index contributed by atoms with van der Waals surface area (Å²) in [6.45, 7) is 6.77. The Morgan fingerprint density at radius 3 is 2.22 bits per heavy atom. The minimum atomic E-state index is -3.86. The maximum absolute atomic E-state index is 13.6. The number of ether oxygens (including phenoxy) is 2. The number of anilines is 1. The van der Waals surface area contributed by atoms with E-state index >= 15 is 0 Å². The van der Waals surface area contributed by atoms with Crippen LogP contribution in [0.3, 0.4) is 0 Å². The number of nitrogens with zero attached hydrogens (tertiary/aromatic N) is 2. The highest BCUT2D eigenvalue weighted by Crippen LogP contribution is 2.32. The van der Waals surface area contributed by atoms with Crippen LogP contribution in [0, 0.1) is 0 Å². The molecule has 0 saturated carbocycles. The molecule has 0 bridgehead atoms. The summed E-state index contributed by atoms with van der Waals surface area (Å²) in [6, 6.07) is 11.1. The highest BCUT2D eigenvalue weighted by atomic mass is 79.9. The van der Waals surface area contributed by atoms with Crippen molar-refractivity contribution >= 4 is 43.5 Å². The number of sulfonamides is 1. The molecular weight excluding hydrogens is 550 g/mol. The number of nitrogens with one attached hydrogen (secondary N) is 1. The summed E-state index contributed by atoms with van der Waals surface area (Å²) in [5.74, 6) is -0.139. The summed E-state index contributed by atoms with van der Waals surface area (Å²) in [6.07, 6.45) is 1.02. The molecule has 0 heterocycles. The molecule has 36 heavy (non-hydrogen) atoms. The summed E-state index contributed by atoms with van der Waals surface area (Å²) in [5.41, 5.74) is 0.511. The molecule has 1 atom stereocenters. The molecule has 0 aromatic heterocycles. The second-order valence-corrected chi connectivity index (χ2v) is 12.2. The number of carbonyl (C=O) groups is 2. The third kappa shape index (κ3) is 8.12. The molecule has 0 aliphatic carbocycles. The van der Waals surface area contributed by atoms with Gasteiger partial charge in [-0.25, -0.2) is 8.42 Å². The van der Waals surface area contributed by atoms with Crippen LogP contribution in [0.25, 0.3) is 0 Å². The highest BCUT2D eigenvalue weighted by Gasteiger charge is 2.31. The van der Waals surface area contributed by atoms with Crippen molar-refractivity contribution in [2.45, 2.75) is 45.8 Å². The minimum absolute atomic E-state index is 0.112. The smallest absolute Gasteiger partial charge is 0.244 e. The Labute approximate surface area is 221 Å². The van der Waals surface area contributed by atoms with Gasteiger partial charge in [0.25, 0.3) is 0 Å². The predicted molar refractivity (Wildman–Crippen MR) is 144 cm³/mol. The first-order valence-corrected chi connectivity index (χ1v) is 13.9. The van der Waals surface area contributed by atoms with Crippen molar-refractivity contribution in [1.82, 2.24) is 10.2 Å². The van der Waals surface area contributed by atoms with E-state index < -0.39 is 34.1 Å². The van der Waals surface area contributed by atoms with Crippen LogP contribution in [-0.4, -0.2) is 63.7 Å². The molecule has 0 fully saturated rings. The van der Waals surface area contributed by atoms with Gasteiger partial charge in [0.1, 0.15) is 12.6 Å². The monoisotopic (exact) mass is 583 g/mol. The van der Waals surface area contributed by atoms with E-state index in [1.165, 1.54) is 31.3 Å². The van der Waals surface area contributed by atoms with Gasteiger partial charge in [-0.2, -0.15) is 0 Å². The van der Waals surface area contributed by atoms with E-state index in [0.717, 1.165) is 20.6 Å². The fraction of sp³-hybridized carbons (Fsp3) is 0.440. The number of amides is 2. The first-order chi connectivity index (χ1) is 16.7. The zero-order chi connectivity index (χ0) is 27.3. The van der Waals surface area contributed by atoms with Gasteiger partial charge in [-0.05, 0) is 57.5 Å². The van der Waals surface area contributed by atoms with Gasteiger partial charge in [-0.3, -0.25) is 13.9 Å². The Morgan fingerprint density at radius 2 is 1.69 bits per heavy atom. The Morgan fingerprint density at radius 1 is 1.06 bits per heavy atom. The largest absolute Gasteiger partial charge is 0.493 e. The van der Waals surface area contributed by atoms with Crippen LogP contribution in [-0.2, 0) is 26.2 Å². The Kier molecular flexibility index (Phi) is 9.78. The maximum atomic E-state index is 13.6. The molecule has 0 saturated heterocycles. The summed E-state index contributed by atoms with van der Waals surface area (Å²) < 4.78 is 37.8. The van der Waals surface area contributed by atoms with Gasteiger partial charge >= 0.3 is 0 Å². The van der Waals surface area contributed by atoms with E-state index in [1.54, 1.807) is 13.0 Å². The first-order valence-electron chi connectivity index (χ1n) is 11.2. The topological polar surface area (TPSA) is 105 Å². The summed E-state index contributed by atoms with van der Waals surface area (Å²) in [7, 11) is -0.955. The van der Waals surface area contributed by atoms with E-state index in [2.05, 4.69) is 21.2 Å². The molecule has 0 radical (unpaired) electrons. The number of benzene rings is 2. The van der Waals surface area contributed by atoms with Crippen LogP contribution >= 0.6 is 15.9 Å². The third-order valence-corrected chi connectivity index (χ3v) is 6.88. The van der Waals surface area contributed by atoms with Crippen molar-refractivity contribution in [3.8, 4) is 11.5 Å². The quantitative estimate of drug-likeness (QED) is 0.458. The molecule has 198 valence electrons. The van der Waals surface area contributed by atoms with Crippen LogP contribution in [0.2, 0.25) is 0 Å². The Hall–Kier alpha value is -2.79. The molecule has 2 aromatic rings. The third-order valence-electron chi connectivity index (χ3n) is 5.24. The van der Waals surface area contributed by atoms with Crippen LogP contribution in [0.1, 0.15) is 33.3 Å². The van der Waals surface area contributed by atoms with Crippen LogP contribution in [0.5, 0.6) is 11.5 Å². The fourth-order valence-electron chi connectivity index (χ4n) is 3.48. The molecule has 1 N–H and O–H groups in total. The van der Waals surface area contributed by atoms with Crippen molar-refractivity contribution in [2.24, 2.45) is 0 Å². The standard InChI is InChI=1S/C25H34BrN3O6S/c1-17(24(31)27-25(2,3)4)28(15-18-9-8-10-19(26)13-18)23(30)16-29(36(7,32)33)20-11-12-21(34-5)22(14-20)35-6/h8-14,17H,15-16H2,1-7H3,(H,27,31)/t17-/m0/s1. The average Bonchev–Trinajstić information content (AvgIpc) is 2.78. The summed E-state index contributed by atoms with van der Waals surface area (Å²) in [5, 5.41) is 2.89. The van der Waals surface area contributed by atoms with Crippen molar-refractivity contribution in [2.75, 3.05) is 31.3 Å². The van der Waals surface area contributed by atoms with Crippen molar-refractivity contribution in [3.63, 3.8) is 0 Å². The van der Waals surface area contributed by atoms with E-state index in [-0.39, 0.29) is 18.1 Å². The zero-order valence-electron chi connectivity index (χ0n) is 21.7. The molecule has 0 unspecified atom stereocenters. The Balaban J connectivity index is 2.46. The number of halogens is 1. The summed E-state index contributed by atoms with van der Waals surface area (Å²) >= 11 is 3.42. The maximum Gasteiger partial charge on any atom is 0.244 e. The minimum Gasteiger partial charge on any atom is -0.493 e. The number of hydrogen-bond donors (Lipinski definition) is 1. The number of hydrogen-bond acceptors (Lipinski definition) is 6. The second kappa shape index (κ2) is 12.0. The predicted octanol–water partition coefficient (Wildman–Crippen LogP) is 3.56.